The monoisotopic (exact) mass is 245 g/mol. The maximum absolute atomic E-state index is 12.5. The Bertz CT molecular complexity index is 438. The van der Waals surface area contributed by atoms with Crippen molar-refractivity contribution in [1.29, 1.82) is 0 Å². The smallest absolute Gasteiger partial charge is 0.256 e. The molecule has 96 valence electrons. The third-order valence-electron chi connectivity index (χ3n) is 3.83. The van der Waals surface area contributed by atoms with Crippen LogP contribution in [0.4, 0.5) is 5.69 Å². The van der Waals surface area contributed by atoms with Gasteiger partial charge in [0, 0.05) is 18.8 Å². The zero-order chi connectivity index (χ0) is 12.4. The summed E-state index contributed by atoms with van der Waals surface area (Å²) in [5, 5.41) is 0. The van der Waals surface area contributed by atoms with E-state index >= 15 is 0 Å². The van der Waals surface area contributed by atoms with Crippen LogP contribution in [0.1, 0.15) is 31.2 Å². The van der Waals surface area contributed by atoms with Gasteiger partial charge in [0.2, 0.25) is 0 Å². The Balaban J connectivity index is 1.88. The van der Waals surface area contributed by atoms with E-state index in [2.05, 4.69) is 18.2 Å². The summed E-state index contributed by atoms with van der Waals surface area (Å²) in [6, 6.07) is 8.27. The lowest BCUT2D eigenvalue weighted by Crippen LogP contribution is -2.39. The number of fused-ring (bicyclic) bond motifs is 1. The minimum absolute atomic E-state index is 0.154. The zero-order valence-electron chi connectivity index (χ0n) is 10.6. The van der Waals surface area contributed by atoms with E-state index < -0.39 is 0 Å². The Morgan fingerprint density at radius 3 is 2.94 bits per heavy atom. The first-order valence-corrected chi connectivity index (χ1v) is 6.87. The van der Waals surface area contributed by atoms with Crippen molar-refractivity contribution >= 4 is 11.6 Å². The molecule has 0 aromatic heterocycles. The van der Waals surface area contributed by atoms with Gasteiger partial charge in [0.25, 0.3) is 5.91 Å². The Hall–Kier alpha value is -1.35. The van der Waals surface area contributed by atoms with Crippen molar-refractivity contribution in [2.24, 2.45) is 0 Å². The molecule has 0 aliphatic carbocycles. The fourth-order valence-electron chi connectivity index (χ4n) is 2.87. The van der Waals surface area contributed by atoms with E-state index in [4.69, 9.17) is 4.74 Å². The summed E-state index contributed by atoms with van der Waals surface area (Å²) >= 11 is 0. The molecule has 3 nitrogen and oxygen atoms in total. The van der Waals surface area contributed by atoms with Crippen molar-refractivity contribution in [3.05, 3.63) is 29.8 Å². The van der Waals surface area contributed by atoms with Crippen LogP contribution in [-0.2, 0) is 16.0 Å². The summed E-state index contributed by atoms with van der Waals surface area (Å²) in [6.07, 6.45) is 4.98. The normalized spacial score (nSPS) is 23.6. The third kappa shape index (κ3) is 2.15. The van der Waals surface area contributed by atoms with Crippen molar-refractivity contribution < 1.29 is 9.53 Å². The Labute approximate surface area is 108 Å². The fraction of sp³-hybridized carbons (Fsp3) is 0.533. The molecule has 1 aromatic carbocycles. The van der Waals surface area contributed by atoms with Gasteiger partial charge in [-0.15, -0.1) is 0 Å². The molecule has 1 amide bonds. The highest BCUT2D eigenvalue weighted by atomic mass is 16.5. The topological polar surface area (TPSA) is 29.5 Å². The highest BCUT2D eigenvalue weighted by Gasteiger charge is 2.30. The molecule has 1 atom stereocenters. The SMILES string of the molecule is O=C(C1CCCO1)N1CCCCc2ccccc21. The van der Waals surface area contributed by atoms with Crippen LogP contribution in [0, 0.1) is 0 Å². The van der Waals surface area contributed by atoms with E-state index in [0.29, 0.717) is 0 Å². The summed E-state index contributed by atoms with van der Waals surface area (Å²) in [4.78, 5) is 14.5. The van der Waals surface area contributed by atoms with Crippen LogP contribution in [0.25, 0.3) is 0 Å². The number of benzene rings is 1. The minimum Gasteiger partial charge on any atom is -0.368 e. The molecular formula is C15H19NO2. The number of ether oxygens (including phenoxy) is 1. The van der Waals surface area contributed by atoms with Crippen LogP contribution in [0.2, 0.25) is 0 Å². The van der Waals surface area contributed by atoms with Crippen molar-refractivity contribution in [2.75, 3.05) is 18.1 Å². The number of rotatable bonds is 1. The lowest BCUT2D eigenvalue weighted by Gasteiger charge is -2.25. The van der Waals surface area contributed by atoms with Gasteiger partial charge in [-0.05, 0) is 43.7 Å². The summed E-state index contributed by atoms with van der Waals surface area (Å²) in [5.74, 6) is 0.154. The first-order valence-electron chi connectivity index (χ1n) is 6.87. The zero-order valence-corrected chi connectivity index (χ0v) is 10.6. The maximum atomic E-state index is 12.5. The Morgan fingerprint density at radius 1 is 1.22 bits per heavy atom. The molecule has 1 fully saturated rings. The quantitative estimate of drug-likeness (QED) is 0.761. The van der Waals surface area contributed by atoms with E-state index in [0.717, 1.165) is 50.9 Å². The number of anilines is 1. The standard InChI is InChI=1S/C15H19NO2/c17-15(14-9-5-11-18-14)16-10-4-3-7-12-6-1-2-8-13(12)16/h1-2,6,8,14H,3-5,7,9-11H2. The minimum atomic E-state index is -0.212. The first-order chi connectivity index (χ1) is 8.86. The number of amides is 1. The fourth-order valence-corrected chi connectivity index (χ4v) is 2.87. The molecule has 3 heteroatoms. The number of hydrogen-bond acceptors (Lipinski definition) is 2. The van der Waals surface area contributed by atoms with Gasteiger partial charge in [0.1, 0.15) is 6.10 Å². The van der Waals surface area contributed by atoms with E-state index in [1.807, 2.05) is 11.0 Å². The highest BCUT2D eigenvalue weighted by Crippen LogP contribution is 2.28. The molecule has 18 heavy (non-hydrogen) atoms. The number of nitrogens with zero attached hydrogens (tertiary/aromatic N) is 1. The van der Waals surface area contributed by atoms with Crippen LogP contribution in [0.5, 0.6) is 0 Å². The van der Waals surface area contributed by atoms with Crippen LogP contribution < -0.4 is 4.90 Å². The average Bonchev–Trinajstić information content (AvgIpc) is 2.85. The van der Waals surface area contributed by atoms with Gasteiger partial charge in [-0.3, -0.25) is 4.79 Å². The second-order valence-electron chi connectivity index (χ2n) is 5.08. The van der Waals surface area contributed by atoms with E-state index in [-0.39, 0.29) is 12.0 Å². The van der Waals surface area contributed by atoms with E-state index in [1.54, 1.807) is 0 Å². The van der Waals surface area contributed by atoms with Crippen molar-refractivity contribution in [1.82, 2.24) is 0 Å². The molecule has 2 heterocycles. The molecule has 3 rings (SSSR count). The Morgan fingerprint density at radius 2 is 2.11 bits per heavy atom. The van der Waals surface area contributed by atoms with Gasteiger partial charge in [-0.25, -0.2) is 0 Å². The van der Waals surface area contributed by atoms with Gasteiger partial charge in [-0.1, -0.05) is 18.2 Å². The highest BCUT2D eigenvalue weighted by molar-refractivity contribution is 5.97. The summed E-state index contributed by atoms with van der Waals surface area (Å²) in [5.41, 5.74) is 2.39. The van der Waals surface area contributed by atoms with Crippen molar-refractivity contribution in [3.63, 3.8) is 0 Å². The third-order valence-corrected chi connectivity index (χ3v) is 3.83. The molecular weight excluding hydrogens is 226 g/mol. The second kappa shape index (κ2) is 5.11. The van der Waals surface area contributed by atoms with Crippen molar-refractivity contribution in [3.8, 4) is 0 Å². The molecule has 2 aliphatic heterocycles. The molecule has 2 aliphatic rings. The van der Waals surface area contributed by atoms with Gasteiger partial charge >= 0.3 is 0 Å². The lowest BCUT2D eigenvalue weighted by atomic mass is 10.1. The summed E-state index contributed by atoms with van der Waals surface area (Å²) in [6.45, 7) is 1.56. The molecule has 0 bridgehead atoms. The lowest BCUT2D eigenvalue weighted by molar-refractivity contribution is -0.127. The van der Waals surface area contributed by atoms with Crippen LogP contribution in [0.3, 0.4) is 0 Å². The van der Waals surface area contributed by atoms with Gasteiger partial charge in [-0.2, -0.15) is 0 Å². The van der Waals surface area contributed by atoms with Gasteiger partial charge in [0.05, 0.1) is 0 Å². The number of para-hydroxylation sites is 1. The predicted octanol–water partition coefficient (Wildman–Crippen LogP) is 2.53. The summed E-state index contributed by atoms with van der Waals surface area (Å²) < 4.78 is 5.53. The number of aryl methyl sites for hydroxylation is 1. The van der Waals surface area contributed by atoms with Crippen LogP contribution in [-0.4, -0.2) is 25.2 Å². The second-order valence-corrected chi connectivity index (χ2v) is 5.08. The van der Waals surface area contributed by atoms with Crippen LogP contribution in [0.15, 0.2) is 24.3 Å². The summed E-state index contributed by atoms with van der Waals surface area (Å²) in [7, 11) is 0. The van der Waals surface area contributed by atoms with E-state index in [1.165, 1.54) is 5.56 Å². The van der Waals surface area contributed by atoms with Crippen molar-refractivity contribution in [2.45, 2.75) is 38.2 Å². The van der Waals surface area contributed by atoms with Gasteiger partial charge in [0.15, 0.2) is 0 Å². The molecule has 0 radical (unpaired) electrons. The molecule has 1 saturated heterocycles. The number of carbonyl (C=O) groups is 1. The average molecular weight is 245 g/mol. The first kappa shape index (κ1) is 11.7. The largest absolute Gasteiger partial charge is 0.368 e. The van der Waals surface area contributed by atoms with Gasteiger partial charge < -0.3 is 9.64 Å². The molecule has 1 aromatic rings. The van der Waals surface area contributed by atoms with E-state index in [9.17, 15) is 4.79 Å². The molecule has 0 spiro atoms. The molecule has 0 saturated carbocycles. The molecule has 1 unspecified atom stereocenters. The predicted molar refractivity (Wildman–Crippen MR) is 70.7 cm³/mol. The number of hydrogen-bond donors (Lipinski definition) is 0. The molecule has 0 N–H and O–H groups in total. The Kier molecular flexibility index (Phi) is 3.33. The number of carbonyl (C=O) groups excluding carboxylic acids is 1. The maximum Gasteiger partial charge on any atom is 0.256 e. The van der Waals surface area contributed by atoms with Crippen LogP contribution >= 0.6 is 0 Å².